The van der Waals surface area contributed by atoms with Gasteiger partial charge in [-0.2, -0.15) is 5.26 Å². The van der Waals surface area contributed by atoms with Crippen molar-refractivity contribution in [3.63, 3.8) is 0 Å². The van der Waals surface area contributed by atoms with Crippen LogP contribution in [0.15, 0.2) is 30.3 Å². The molecule has 1 heterocycles. The number of nitrogens with zero attached hydrogens (tertiary/aromatic N) is 1. The number of hydrogen-bond donors (Lipinski definition) is 1. The summed E-state index contributed by atoms with van der Waals surface area (Å²) < 4.78 is 5.68. The molecule has 0 unspecified atom stereocenters. The summed E-state index contributed by atoms with van der Waals surface area (Å²) in [6.07, 6.45) is 4.06. The van der Waals surface area contributed by atoms with Crippen LogP contribution in [0, 0.1) is 16.0 Å². The maximum atomic E-state index is 9.04. The smallest absolute Gasteiger partial charge is 0.121 e. The second-order valence-corrected chi connectivity index (χ2v) is 5.38. The van der Waals surface area contributed by atoms with Crippen molar-refractivity contribution < 1.29 is 4.74 Å². The molecule has 104 valence electrons. The minimum Gasteiger partial charge on any atom is -0.497 e. The highest BCUT2D eigenvalue weighted by Crippen LogP contribution is 2.33. The zero-order chi connectivity index (χ0) is 14.8. The van der Waals surface area contributed by atoms with Crippen molar-refractivity contribution in [2.45, 2.75) is 12.8 Å². The molecule has 3 rings (SSSR count). The topological polar surface area (TPSA) is 48.8 Å². The van der Waals surface area contributed by atoms with Crippen molar-refractivity contribution in [3.05, 3.63) is 57.4 Å². The third-order valence-electron chi connectivity index (χ3n) is 3.68. The van der Waals surface area contributed by atoms with E-state index in [9.17, 15) is 0 Å². The Labute approximate surface area is 128 Å². The van der Waals surface area contributed by atoms with Crippen LogP contribution in [-0.2, 0) is 6.42 Å². The molecule has 0 saturated carbocycles. The van der Waals surface area contributed by atoms with Gasteiger partial charge < -0.3 is 9.72 Å². The van der Waals surface area contributed by atoms with Gasteiger partial charge >= 0.3 is 0 Å². The van der Waals surface area contributed by atoms with E-state index in [4.69, 9.17) is 22.2 Å². The van der Waals surface area contributed by atoms with Crippen LogP contribution in [0.3, 0.4) is 0 Å². The Hall–Kier alpha value is -2.38. The Morgan fingerprint density at radius 1 is 1.29 bits per heavy atom. The van der Waals surface area contributed by atoms with Crippen molar-refractivity contribution in [1.82, 2.24) is 4.98 Å². The molecular weight excluding hydrogens is 280 g/mol. The second kappa shape index (κ2) is 5.55. The van der Waals surface area contributed by atoms with E-state index in [1.807, 2.05) is 30.3 Å². The van der Waals surface area contributed by atoms with Gasteiger partial charge in [0.2, 0.25) is 0 Å². The minimum absolute atomic E-state index is 0.513. The summed E-state index contributed by atoms with van der Waals surface area (Å²) in [4.78, 5) is 3.20. The summed E-state index contributed by atoms with van der Waals surface area (Å²) in [6, 6.07) is 12.0. The zero-order valence-corrected chi connectivity index (χ0v) is 12.5. The fraction of sp³-hybridized carbons (Fsp3) is 0.176. The number of aromatic nitrogens is 1. The standard InChI is InChI=1S/C17H14N2OS/c1-20-15-6-2-11(3-7-15)8-12-4-5-13-9-14(10-18)17(21)19-16(12)13/h2-3,6-9H,4-5H2,1H3,(H,19,21)/b12-8-. The number of aryl methyl sites for hydroxylation is 1. The first-order valence-corrected chi connectivity index (χ1v) is 7.13. The summed E-state index contributed by atoms with van der Waals surface area (Å²) >= 11 is 5.22. The van der Waals surface area contributed by atoms with Gasteiger partial charge in [0.1, 0.15) is 16.5 Å². The molecule has 1 N–H and O–H groups in total. The van der Waals surface area contributed by atoms with Crippen molar-refractivity contribution in [2.75, 3.05) is 7.11 Å². The van der Waals surface area contributed by atoms with E-state index >= 15 is 0 Å². The molecule has 4 heteroatoms. The van der Waals surface area contributed by atoms with Gasteiger partial charge in [-0.3, -0.25) is 0 Å². The van der Waals surface area contributed by atoms with Gasteiger partial charge in [0.15, 0.2) is 0 Å². The van der Waals surface area contributed by atoms with Crippen LogP contribution in [0.4, 0.5) is 0 Å². The maximum Gasteiger partial charge on any atom is 0.121 e. The molecule has 0 fully saturated rings. The lowest BCUT2D eigenvalue weighted by molar-refractivity contribution is 0.415. The van der Waals surface area contributed by atoms with Gasteiger partial charge in [0, 0.05) is 5.69 Å². The Kier molecular flexibility index (Phi) is 3.59. The number of allylic oxidation sites excluding steroid dienone is 1. The lowest BCUT2D eigenvalue weighted by atomic mass is 10.1. The third kappa shape index (κ3) is 2.61. The number of pyridine rings is 1. The van der Waals surface area contributed by atoms with E-state index in [1.54, 1.807) is 7.11 Å². The Bertz CT molecular complexity index is 810. The number of ether oxygens (including phenoxy) is 1. The molecule has 21 heavy (non-hydrogen) atoms. The highest BCUT2D eigenvalue weighted by Gasteiger charge is 2.18. The number of H-pyrrole nitrogens is 1. The molecule has 2 aromatic rings. The molecule has 0 atom stereocenters. The van der Waals surface area contributed by atoms with E-state index in [-0.39, 0.29) is 0 Å². The van der Waals surface area contributed by atoms with Crippen LogP contribution in [0.5, 0.6) is 5.75 Å². The number of benzene rings is 1. The molecule has 0 aliphatic heterocycles. The molecule has 1 aliphatic rings. The molecular formula is C17H14N2OS. The predicted molar refractivity (Wildman–Crippen MR) is 85.5 cm³/mol. The predicted octanol–water partition coefficient (Wildman–Crippen LogP) is 4.11. The fourth-order valence-electron chi connectivity index (χ4n) is 2.58. The first kappa shape index (κ1) is 13.6. The van der Waals surface area contributed by atoms with E-state index in [0.717, 1.165) is 29.8 Å². The Morgan fingerprint density at radius 3 is 2.71 bits per heavy atom. The van der Waals surface area contributed by atoms with Crippen LogP contribution in [0.1, 0.15) is 28.8 Å². The number of rotatable bonds is 2. The number of nitrogens with one attached hydrogen (secondary N) is 1. The number of aromatic amines is 1. The molecule has 1 aromatic heterocycles. The van der Waals surface area contributed by atoms with Crippen molar-refractivity contribution >= 4 is 23.9 Å². The van der Waals surface area contributed by atoms with E-state index < -0.39 is 0 Å². The van der Waals surface area contributed by atoms with Gasteiger partial charge in [-0.1, -0.05) is 24.4 Å². The van der Waals surface area contributed by atoms with Gasteiger partial charge in [-0.25, -0.2) is 0 Å². The molecule has 1 aromatic carbocycles. The zero-order valence-electron chi connectivity index (χ0n) is 11.6. The van der Waals surface area contributed by atoms with E-state index in [0.29, 0.717) is 10.2 Å². The van der Waals surface area contributed by atoms with Gasteiger partial charge in [0.25, 0.3) is 0 Å². The van der Waals surface area contributed by atoms with Crippen LogP contribution >= 0.6 is 12.2 Å². The Morgan fingerprint density at radius 2 is 2.05 bits per heavy atom. The van der Waals surface area contributed by atoms with Crippen LogP contribution in [0.2, 0.25) is 0 Å². The third-order valence-corrected chi connectivity index (χ3v) is 4.01. The normalized spacial score (nSPS) is 14.8. The van der Waals surface area contributed by atoms with Crippen molar-refractivity contribution in [1.29, 1.82) is 5.26 Å². The fourth-order valence-corrected chi connectivity index (χ4v) is 2.79. The number of methoxy groups -OCH3 is 1. The highest BCUT2D eigenvalue weighted by molar-refractivity contribution is 7.71. The lowest BCUT2D eigenvalue weighted by Crippen LogP contribution is -1.91. The molecule has 0 saturated heterocycles. The average Bonchev–Trinajstić information content (AvgIpc) is 2.89. The quantitative estimate of drug-likeness (QED) is 0.848. The molecule has 1 aliphatic carbocycles. The van der Waals surface area contributed by atoms with Gasteiger partial charge in [-0.05, 0) is 53.8 Å². The van der Waals surface area contributed by atoms with Crippen LogP contribution < -0.4 is 4.74 Å². The van der Waals surface area contributed by atoms with E-state index in [1.165, 1.54) is 11.1 Å². The number of nitriles is 1. The van der Waals surface area contributed by atoms with Crippen molar-refractivity contribution in [2.24, 2.45) is 0 Å². The Balaban J connectivity index is 2.00. The lowest BCUT2D eigenvalue weighted by Gasteiger charge is -2.04. The first-order chi connectivity index (χ1) is 10.2. The van der Waals surface area contributed by atoms with Crippen molar-refractivity contribution in [3.8, 4) is 11.8 Å². The molecule has 0 radical (unpaired) electrons. The van der Waals surface area contributed by atoms with Gasteiger partial charge in [0.05, 0.1) is 12.7 Å². The van der Waals surface area contributed by atoms with Crippen LogP contribution in [0.25, 0.3) is 11.6 Å². The molecule has 3 nitrogen and oxygen atoms in total. The minimum atomic E-state index is 0.513. The monoisotopic (exact) mass is 294 g/mol. The summed E-state index contributed by atoms with van der Waals surface area (Å²) in [5, 5.41) is 9.04. The number of hydrogen-bond acceptors (Lipinski definition) is 3. The molecule has 0 amide bonds. The molecule has 0 bridgehead atoms. The average molecular weight is 294 g/mol. The van der Waals surface area contributed by atoms with E-state index in [2.05, 4.69) is 17.1 Å². The summed E-state index contributed by atoms with van der Waals surface area (Å²) in [5.74, 6) is 0.849. The molecule has 0 spiro atoms. The maximum absolute atomic E-state index is 9.04. The summed E-state index contributed by atoms with van der Waals surface area (Å²) in [5.41, 5.74) is 5.14. The SMILES string of the molecule is COc1ccc(/C=C2/CCc3cc(C#N)c(=S)[nH]c32)cc1. The number of fused-ring (bicyclic) bond motifs is 1. The summed E-state index contributed by atoms with van der Waals surface area (Å²) in [7, 11) is 1.66. The second-order valence-electron chi connectivity index (χ2n) is 4.97. The van der Waals surface area contributed by atoms with Crippen LogP contribution in [-0.4, -0.2) is 12.1 Å². The highest BCUT2D eigenvalue weighted by atomic mass is 32.1. The van der Waals surface area contributed by atoms with Gasteiger partial charge in [-0.15, -0.1) is 0 Å². The summed E-state index contributed by atoms with van der Waals surface area (Å²) in [6.45, 7) is 0. The first-order valence-electron chi connectivity index (χ1n) is 6.72. The largest absolute Gasteiger partial charge is 0.497 e.